The van der Waals surface area contributed by atoms with Gasteiger partial charge in [-0.1, -0.05) is 30.3 Å². The van der Waals surface area contributed by atoms with Crippen molar-refractivity contribution in [3.63, 3.8) is 0 Å². The van der Waals surface area contributed by atoms with Gasteiger partial charge in [0.2, 0.25) is 11.6 Å². The zero-order chi connectivity index (χ0) is 20.9. The fourth-order valence-corrected chi connectivity index (χ4v) is 4.41. The number of benzene rings is 1. The van der Waals surface area contributed by atoms with Gasteiger partial charge in [-0.05, 0) is 48.3 Å². The molecule has 0 spiro atoms. The lowest BCUT2D eigenvalue weighted by Crippen LogP contribution is -2.41. The Hall–Kier alpha value is -2.45. The number of halogens is 1. The minimum atomic E-state index is -0.165. The molecule has 0 amide bonds. The van der Waals surface area contributed by atoms with Gasteiger partial charge in [-0.2, -0.15) is 0 Å². The standard InChI is InChI=1S/C22H24BrN3O4/c1-28-17(27)10-6-12-26-11-5-9-16(13-26)29-21-18-19(23)20(15-7-3-2-4-8-15)30-22(18)25-14-24-21/h2-4,7-8,14,16H,5-6,9-13H2,1H3/t16-/m1/s1. The Kier molecular flexibility index (Phi) is 6.64. The Morgan fingerprint density at radius 3 is 2.93 bits per heavy atom. The Morgan fingerprint density at radius 1 is 1.30 bits per heavy atom. The van der Waals surface area contributed by atoms with Crippen molar-refractivity contribution >= 4 is 33.0 Å². The van der Waals surface area contributed by atoms with Crippen LogP contribution in [0.5, 0.6) is 5.88 Å². The summed E-state index contributed by atoms with van der Waals surface area (Å²) >= 11 is 3.66. The molecule has 1 aromatic carbocycles. The summed E-state index contributed by atoms with van der Waals surface area (Å²) in [5.41, 5.74) is 1.46. The van der Waals surface area contributed by atoms with E-state index < -0.39 is 0 Å². The molecule has 2 aromatic heterocycles. The SMILES string of the molecule is COC(=O)CCCN1CCC[C@@H](Oc2ncnc3oc(-c4ccccc4)c(Br)c23)C1. The van der Waals surface area contributed by atoms with E-state index in [1.807, 2.05) is 30.3 Å². The van der Waals surface area contributed by atoms with Crippen molar-refractivity contribution in [2.24, 2.45) is 0 Å². The second-order valence-electron chi connectivity index (χ2n) is 7.33. The number of rotatable bonds is 7. The van der Waals surface area contributed by atoms with E-state index in [1.54, 1.807) is 0 Å². The number of esters is 1. The number of furan rings is 1. The van der Waals surface area contributed by atoms with Crippen LogP contribution in [0, 0.1) is 0 Å². The molecular weight excluding hydrogens is 450 g/mol. The average Bonchev–Trinajstić information content (AvgIpc) is 3.12. The number of nitrogens with zero attached hydrogens (tertiary/aromatic N) is 3. The number of hydrogen-bond acceptors (Lipinski definition) is 7. The Morgan fingerprint density at radius 2 is 2.13 bits per heavy atom. The van der Waals surface area contributed by atoms with Crippen LogP contribution < -0.4 is 4.74 Å². The van der Waals surface area contributed by atoms with Crippen LogP contribution in [0.1, 0.15) is 25.7 Å². The van der Waals surface area contributed by atoms with Gasteiger partial charge in [0.05, 0.1) is 11.6 Å². The Bertz CT molecular complexity index is 1010. The molecule has 1 aliphatic heterocycles. The summed E-state index contributed by atoms with van der Waals surface area (Å²) in [4.78, 5) is 22.3. The maximum absolute atomic E-state index is 11.3. The average molecular weight is 474 g/mol. The lowest BCUT2D eigenvalue weighted by Gasteiger charge is -2.32. The number of hydrogen-bond donors (Lipinski definition) is 0. The molecule has 0 saturated carbocycles. The molecule has 1 aliphatic rings. The highest BCUT2D eigenvalue weighted by Gasteiger charge is 2.25. The van der Waals surface area contributed by atoms with Gasteiger partial charge in [0.1, 0.15) is 17.8 Å². The molecule has 30 heavy (non-hydrogen) atoms. The van der Waals surface area contributed by atoms with Crippen molar-refractivity contribution in [1.29, 1.82) is 0 Å². The van der Waals surface area contributed by atoms with Crippen LogP contribution in [0.4, 0.5) is 0 Å². The predicted molar refractivity (Wildman–Crippen MR) is 116 cm³/mol. The fourth-order valence-electron chi connectivity index (χ4n) is 3.76. The molecule has 3 aromatic rings. The largest absolute Gasteiger partial charge is 0.472 e. The molecule has 4 rings (SSSR count). The predicted octanol–water partition coefficient (Wildman–Crippen LogP) is 4.45. The van der Waals surface area contributed by atoms with Crippen molar-refractivity contribution in [3.05, 3.63) is 41.1 Å². The molecule has 158 valence electrons. The maximum atomic E-state index is 11.3. The number of carbonyl (C=O) groups is 1. The van der Waals surface area contributed by atoms with Gasteiger partial charge in [-0.3, -0.25) is 9.69 Å². The van der Waals surface area contributed by atoms with Crippen LogP contribution >= 0.6 is 15.9 Å². The van der Waals surface area contributed by atoms with Crippen LogP contribution in [-0.4, -0.2) is 53.7 Å². The topological polar surface area (TPSA) is 77.7 Å². The minimum Gasteiger partial charge on any atom is -0.472 e. The number of methoxy groups -OCH3 is 1. The summed E-state index contributed by atoms with van der Waals surface area (Å²) < 4.78 is 17.8. The summed E-state index contributed by atoms with van der Waals surface area (Å²) in [5.74, 6) is 1.07. The van der Waals surface area contributed by atoms with E-state index in [4.69, 9.17) is 13.9 Å². The van der Waals surface area contributed by atoms with Crippen molar-refractivity contribution in [2.75, 3.05) is 26.7 Å². The van der Waals surface area contributed by atoms with Gasteiger partial charge in [-0.25, -0.2) is 9.97 Å². The number of likely N-dealkylation sites (tertiary alicyclic amines) is 1. The van der Waals surface area contributed by atoms with Gasteiger partial charge in [0, 0.05) is 18.5 Å². The van der Waals surface area contributed by atoms with Crippen molar-refractivity contribution < 1.29 is 18.7 Å². The molecule has 1 fully saturated rings. The van der Waals surface area contributed by atoms with E-state index >= 15 is 0 Å². The smallest absolute Gasteiger partial charge is 0.305 e. The molecule has 0 bridgehead atoms. The van der Waals surface area contributed by atoms with E-state index in [-0.39, 0.29) is 12.1 Å². The number of fused-ring (bicyclic) bond motifs is 1. The van der Waals surface area contributed by atoms with Gasteiger partial charge in [-0.15, -0.1) is 0 Å². The van der Waals surface area contributed by atoms with Crippen LogP contribution in [0.2, 0.25) is 0 Å². The third-order valence-electron chi connectivity index (χ3n) is 5.25. The van der Waals surface area contributed by atoms with Gasteiger partial charge >= 0.3 is 5.97 Å². The Labute approximate surface area is 183 Å². The minimum absolute atomic E-state index is 0.0250. The van der Waals surface area contributed by atoms with E-state index in [0.29, 0.717) is 23.8 Å². The zero-order valence-electron chi connectivity index (χ0n) is 16.8. The molecular formula is C22H24BrN3O4. The third-order valence-corrected chi connectivity index (χ3v) is 6.01. The summed E-state index contributed by atoms with van der Waals surface area (Å²) in [6, 6.07) is 9.88. The summed E-state index contributed by atoms with van der Waals surface area (Å²) in [7, 11) is 1.42. The quantitative estimate of drug-likeness (QED) is 0.469. The molecule has 8 heteroatoms. The molecule has 1 atom stereocenters. The molecule has 7 nitrogen and oxygen atoms in total. The maximum Gasteiger partial charge on any atom is 0.305 e. The van der Waals surface area contributed by atoms with Crippen LogP contribution in [0.25, 0.3) is 22.4 Å². The third kappa shape index (κ3) is 4.65. The van der Waals surface area contributed by atoms with E-state index in [1.165, 1.54) is 13.4 Å². The summed E-state index contributed by atoms with van der Waals surface area (Å²) in [6.07, 6.45) is 4.72. The highest BCUT2D eigenvalue weighted by Crippen LogP contribution is 2.40. The first kappa shape index (κ1) is 20.8. The van der Waals surface area contributed by atoms with Gasteiger partial charge in [0.25, 0.3) is 0 Å². The molecule has 0 aliphatic carbocycles. The molecule has 0 radical (unpaired) electrons. The van der Waals surface area contributed by atoms with E-state index in [2.05, 4.69) is 30.8 Å². The lowest BCUT2D eigenvalue weighted by molar-refractivity contribution is -0.140. The Balaban J connectivity index is 1.48. The monoisotopic (exact) mass is 473 g/mol. The first-order valence-electron chi connectivity index (χ1n) is 10.1. The van der Waals surface area contributed by atoms with Crippen LogP contribution in [0.15, 0.2) is 45.5 Å². The normalized spacial score (nSPS) is 17.2. The summed E-state index contributed by atoms with van der Waals surface area (Å²) in [5, 5.41) is 0.749. The number of piperidine rings is 1. The van der Waals surface area contributed by atoms with Crippen molar-refractivity contribution in [3.8, 4) is 17.2 Å². The number of aromatic nitrogens is 2. The zero-order valence-corrected chi connectivity index (χ0v) is 18.4. The molecule has 1 saturated heterocycles. The highest BCUT2D eigenvalue weighted by atomic mass is 79.9. The van der Waals surface area contributed by atoms with E-state index in [9.17, 15) is 4.79 Å². The fraction of sp³-hybridized carbons (Fsp3) is 0.409. The molecule has 3 heterocycles. The lowest BCUT2D eigenvalue weighted by atomic mass is 10.1. The number of ether oxygens (including phenoxy) is 2. The van der Waals surface area contributed by atoms with Gasteiger partial charge in [0.15, 0.2) is 5.76 Å². The molecule has 0 unspecified atom stereocenters. The second-order valence-corrected chi connectivity index (χ2v) is 8.13. The van der Waals surface area contributed by atoms with Crippen molar-refractivity contribution in [2.45, 2.75) is 31.8 Å². The first-order chi connectivity index (χ1) is 14.7. The second kappa shape index (κ2) is 9.57. The first-order valence-corrected chi connectivity index (χ1v) is 10.9. The van der Waals surface area contributed by atoms with Crippen LogP contribution in [0.3, 0.4) is 0 Å². The van der Waals surface area contributed by atoms with E-state index in [0.717, 1.165) is 54.3 Å². The van der Waals surface area contributed by atoms with Gasteiger partial charge < -0.3 is 13.9 Å². The highest BCUT2D eigenvalue weighted by molar-refractivity contribution is 9.10. The van der Waals surface area contributed by atoms with Crippen LogP contribution in [-0.2, 0) is 9.53 Å². The summed E-state index contributed by atoms with van der Waals surface area (Å²) in [6.45, 7) is 2.66. The number of carbonyl (C=O) groups excluding carboxylic acids is 1. The van der Waals surface area contributed by atoms with Crippen molar-refractivity contribution in [1.82, 2.24) is 14.9 Å². The molecule has 0 N–H and O–H groups in total.